The Labute approximate surface area is 221 Å². The number of rotatable bonds is 7. The molecular formula is C27H30Cl2N4O3. The first-order valence-electron chi connectivity index (χ1n) is 12.1. The van der Waals surface area contributed by atoms with Gasteiger partial charge in [-0.25, -0.2) is 4.98 Å². The molecule has 4 rings (SSSR count). The predicted molar refractivity (Wildman–Crippen MR) is 141 cm³/mol. The van der Waals surface area contributed by atoms with Crippen molar-refractivity contribution in [3.05, 3.63) is 57.6 Å². The van der Waals surface area contributed by atoms with E-state index in [1.165, 1.54) is 0 Å². The second kappa shape index (κ2) is 11.1. The first-order chi connectivity index (χ1) is 17.2. The van der Waals surface area contributed by atoms with Crippen LogP contribution >= 0.6 is 23.2 Å². The van der Waals surface area contributed by atoms with Crippen molar-refractivity contribution in [2.24, 2.45) is 0 Å². The van der Waals surface area contributed by atoms with Crippen LogP contribution in [0.4, 0.5) is 0 Å². The number of carbonyl (C=O) groups is 1. The Balaban J connectivity index is 1.61. The molecule has 1 aliphatic carbocycles. The Hall–Kier alpha value is -2.74. The Morgan fingerprint density at radius 2 is 1.72 bits per heavy atom. The topological polar surface area (TPSA) is 97.2 Å². The molecule has 0 bridgehead atoms. The van der Waals surface area contributed by atoms with Gasteiger partial charge in [-0.15, -0.1) is 0 Å². The number of benzene rings is 2. The van der Waals surface area contributed by atoms with Crippen LogP contribution in [0.1, 0.15) is 63.0 Å². The van der Waals surface area contributed by atoms with Gasteiger partial charge >= 0.3 is 6.01 Å². The highest BCUT2D eigenvalue weighted by atomic mass is 35.5. The van der Waals surface area contributed by atoms with Crippen LogP contribution in [-0.2, 0) is 16.1 Å². The summed E-state index contributed by atoms with van der Waals surface area (Å²) in [5, 5.41) is 14.4. The van der Waals surface area contributed by atoms with Crippen LogP contribution in [0.3, 0.4) is 0 Å². The van der Waals surface area contributed by atoms with Gasteiger partial charge in [0, 0.05) is 29.8 Å². The summed E-state index contributed by atoms with van der Waals surface area (Å²) >= 11 is 12.8. The molecule has 1 aliphatic rings. The number of carbonyl (C=O) groups excluding carboxylic acids is 1. The lowest BCUT2D eigenvalue weighted by molar-refractivity contribution is -0.147. The van der Waals surface area contributed by atoms with Crippen molar-refractivity contribution in [1.82, 2.24) is 20.3 Å². The Morgan fingerprint density at radius 3 is 2.42 bits per heavy atom. The van der Waals surface area contributed by atoms with E-state index in [4.69, 9.17) is 27.9 Å². The zero-order valence-electron chi connectivity index (χ0n) is 20.6. The summed E-state index contributed by atoms with van der Waals surface area (Å²) in [6.07, 6.45) is 4.51. The van der Waals surface area contributed by atoms with E-state index < -0.39 is 11.6 Å². The minimum Gasteiger partial charge on any atom is -0.479 e. The number of nitrogens with zero attached hydrogens (tertiary/aromatic N) is 3. The molecule has 3 aromatic rings. The second-order valence-corrected chi connectivity index (χ2v) is 10.2. The van der Waals surface area contributed by atoms with E-state index in [-0.39, 0.29) is 17.6 Å². The SMILES string of the molecule is COC1(C(=O)NCc2ccc(Cl)c(-c3nc(O)nc(-c4ccc(Cl)c(C(C)C)c4)n3)c2)CCCCC1. The quantitative estimate of drug-likeness (QED) is 0.373. The fourth-order valence-electron chi connectivity index (χ4n) is 4.58. The van der Waals surface area contributed by atoms with Crippen LogP contribution in [0, 0.1) is 0 Å². The molecule has 1 heterocycles. The number of halogens is 2. The molecule has 0 unspecified atom stereocenters. The fraction of sp³-hybridized carbons (Fsp3) is 0.407. The van der Waals surface area contributed by atoms with Crippen molar-refractivity contribution in [3.63, 3.8) is 0 Å². The third-order valence-corrected chi connectivity index (χ3v) is 7.36. The number of ether oxygens (including phenoxy) is 1. The number of aromatic hydroxyl groups is 1. The zero-order chi connectivity index (χ0) is 25.9. The summed E-state index contributed by atoms with van der Waals surface area (Å²) in [7, 11) is 1.60. The largest absolute Gasteiger partial charge is 0.479 e. The third kappa shape index (κ3) is 5.64. The summed E-state index contributed by atoms with van der Waals surface area (Å²) in [6.45, 7) is 4.40. The van der Waals surface area contributed by atoms with Gasteiger partial charge in [0.1, 0.15) is 5.60 Å². The van der Waals surface area contributed by atoms with Crippen molar-refractivity contribution in [1.29, 1.82) is 0 Å². The van der Waals surface area contributed by atoms with Crippen molar-refractivity contribution in [3.8, 4) is 28.8 Å². The molecule has 0 saturated heterocycles. The highest BCUT2D eigenvalue weighted by molar-refractivity contribution is 6.33. The molecule has 36 heavy (non-hydrogen) atoms. The lowest BCUT2D eigenvalue weighted by Crippen LogP contribution is -2.49. The standard InChI is InChI=1S/C27H30Cl2N4O3/c1-16(2)19-14-18(8-10-21(19)28)23-31-24(33-26(35)32-23)20-13-17(7-9-22(20)29)15-30-25(34)27(36-3)11-5-4-6-12-27/h7-10,13-14,16H,4-6,11-12,15H2,1-3H3,(H,30,34)(H,31,32,33,35). The van der Waals surface area contributed by atoms with Crippen molar-refractivity contribution < 1.29 is 14.6 Å². The van der Waals surface area contributed by atoms with Crippen molar-refractivity contribution >= 4 is 29.1 Å². The molecule has 1 aromatic heterocycles. The zero-order valence-corrected chi connectivity index (χ0v) is 22.2. The molecule has 2 aromatic carbocycles. The smallest absolute Gasteiger partial charge is 0.318 e. The summed E-state index contributed by atoms with van der Waals surface area (Å²) in [5.74, 6) is 0.645. The summed E-state index contributed by atoms with van der Waals surface area (Å²) in [6, 6.07) is 10.5. The monoisotopic (exact) mass is 528 g/mol. The molecule has 9 heteroatoms. The van der Waals surface area contributed by atoms with Gasteiger partial charge in [-0.3, -0.25) is 4.79 Å². The third-order valence-electron chi connectivity index (χ3n) is 6.69. The number of methoxy groups -OCH3 is 1. The lowest BCUT2D eigenvalue weighted by atomic mass is 9.84. The number of nitrogens with one attached hydrogen (secondary N) is 1. The molecule has 0 aliphatic heterocycles. The van der Waals surface area contributed by atoms with Gasteiger partial charge in [-0.2, -0.15) is 9.97 Å². The number of amides is 1. The Morgan fingerprint density at radius 1 is 1.03 bits per heavy atom. The maximum Gasteiger partial charge on any atom is 0.318 e. The van der Waals surface area contributed by atoms with Gasteiger partial charge in [0.15, 0.2) is 11.6 Å². The van der Waals surface area contributed by atoms with Crippen molar-refractivity contribution in [2.75, 3.05) is 7.11 Å². The predicted octanol–water partition coefficient (Wildman–Crippen LogP) is 6.31. The van der Waals surface area contributed by atoms with E-state index in [1.54, 1.807) is 25.3 Å². The van der Waals surface area contributed by atoms with Crippen LogP contribution in [0.2, 0.25) is 10.0 Å². The summed E-state index contributed by atoms with van der Waals surface area (Å²) in [4.78, 5) is 25.8. The summed E-state index contributed by atoms with van der Waals surface area (Å²) < 4.78 is 5.64. The van der Waals surface area contributed by atoms with Gasteiger partial charge < -0.3 is 15.2 Å². The van der Waals surface area contributed by atoms with Gasteiger partial charge in [-0.1, -0.05) is 62.4 Å². The fourth-order valence-corrected chi connectivity index (χ4v) is 5.12. The highest BCUT2D eigenvalue weighted by Crippen LogP contribution is 2.33. The van der Waals surface area contributed by atoms with E-state index in [1.807, 2.05) is 32.0 Å². The van der Waals surface area contributed by atoms with Crippen LogP contribution in [0.25, 0.3) is 22.8 Å². The van der Waals surface area contributed by atoms with Gasteiger partial charge in [-0.05, 0) is 60.2 Å². The first-order valence-corrected chi connectivity index (χ1v) is 12.8. The van der Waals surface area contributed by atoms with Crippen LogP contribution in [-0.4, -0.2) is 38.7 Å². The molecule has 1 amide bonds. The molecule has 0 spiro atoms. The highest BCUT2D eigenvalue weighted by Gasteiger charge is 2.39. The van der Waals surface area contributed by atoms with Crippen LogP contribution < -0.4 is 5.32 Å². The molecule has 1 fully saturated rings. The molecule has 2 N–H and O–H groups in total. The molecular weight excluding hydrogens is 499 g/mol. The normalized spacial score (nSPS) is 15.2. The molecule has 1 saturated carbocycles. The van der Waals surface area contributed by atoms with Crippen LogP contribution in [0.15, 0.2) is 36.4 Å². The molecule has 0 atom stereocenters. The molecule has 0 radical (unpaired) electrons. The van der Waals surface area contributed by atoms with E-state index in [9.17, 15) is 9.90 Å². The van der Waals surface area contributed by atoms with E-state index in [0.29, 0.717) is 33.5 Å². The Bertz CT molecular complexity index is 1260. The molecule has 190 valence electrons. The van der Waals surface area contributed by atoms with E-state index in [0.717, 1.165) is 43.2 Å². The van der Waals surface area contributed by atoms with Gasteiger partial charge in [0.25, 0.3) is 5.91 Å². The summed E-state index contributed by atoms with van der Waals surface area (Å²) in [5.41, 5.74) is 2.24. The van der Waals surface area contributed by atoms with E-state index in [2.05, 4.69) is 20.3 Å². The molecule has 7 nitrogen and oxygen atoms in total. The van der Waals surface area contributed by atoms with E-state index >= 15 is 0 Å². The lowest BCUT2D eigenvalue weighted by Gasteiger charge is -2.34. The number of hydrogen-bond donors (Lipinski definition) is 2. The maximum atomic E-state index is 13.0. The minimum absolute atomic E-state index is 0.106. The van der Waals surface area contributed by atoms with Crippen LogP contribution in [0.5, 0.6) is 6.01 Å². The second-order valence-electron chi connectivity index (χ2n) is 9.43. The number of hydrogen-bond acceptors (Lipinski definition) is 6. The first kappa shape index (κ1) is 26.3. The average Bonchev–Trinajstić information content (AvgIpc) is 2.88. The maximum absolute atomic E-state index is 13.0. The van der Waals surface area contributed by atoms with Gasteiger partial charge in [0.2, 0.25) is 0 Å². The Kier molecular flexibility index (Phi) is 8.13. The average molecular weight is 529 g/mol. The number of aromatic nitrogens is 3. The van der Waals surface area contributed by atoms with Gasteiger partial charge in [0.05, 0.1) is 5.02 Å². The van der Waals surface area contributed by atoms with Crippen molar-refractivity contribution in [2.45, 2.75) is 64.0 Å². The minimum atomic E-state index is -0.768.